The molecule has 0 spiro atoms. The van der Waals surface area contributed by atoms with Crippen LogP contribution in [0.25, 0.3) is 0 Å². The monoisotopic (exact) mass is 424 g/mol. The third kappa shape index (κ3) is 7.83. The van der Waals surface area contributed by atoms with Crippen molar-refractivity contribution in [1.29, 1.82) is 0 Å². The van der Waals surface area contributed by atoms with Gasteiger partial charge in [-0.15, -0.1) is 0 Å². The van der Waals surface area contributed by atoms with Crippen molar-refractivity contribution < 1.29 is 14.4 Å². The number of hydrogen-bond donors (Lipinski definition) is 0. The topological polar surface area (TPSA) is 0 Å². The molecule has 0 nitrogen and oxygen atoms in total. The van der Waals surface area contributed by atoms with Crippen LogP contribution in [-0.4, -0.2) is 11.5 Å². The molecular formula is C18H22NiS4. The fourth-order valence-electron chi connectivity index (χ4n) is 1.72. The Balaban J connectivity index is 1.73. The molecule has 0 heterocycles. The van der Waals surface area contributed by atoms with E-state index in [1.54, 1.807) is 14.4 Å². The van der Waals surface area contributed by atoms with Crippen molar-refractivity contribution in [2.75, 3.05) is 11.5 Å². The fourth-order valence-corrected chi connectivity index (χ4v) is 6.07. The summed E-state index contributed by atoms with van der Waals surface area (Å²) in [4.78, 5) is 2.71. The van der Waals surface area contributed by atoms with Crippen LogP contribution in [0.1, 0.15) is 25.0 Å². The summed E-state index contributed by atoms with van der Waals surface area (Å²) < 4.78 is 0. The molecule has 0 atom stereocenters. The zero-order valence-corrected chi connectivity index (χ0v) is 17.7. The van der Waals surface area contributed by atoms with Crippen LogP contribution in [0.2, 0.25) is 0 Å². The quantitative estimate of drug-likeness (QED) is 0.297. The van der Waals surface area contributed by atoms with Crippen molar-refractivity contribution in [2.45, 2.75) is 34.4 Å². The first-order chi connectivity index (χ1) is 11.3. The van der Waals surface area contributed by atoms with Crippen molar-refractivity contribution in [3.05, 3.63) is 59.7 Å². The van der Waals surface area contributed by atoms with E-state index in [4.69, 9.17) is 0 Å². The standard InChI is InChI=1S/2C9H11S2.Ni/c2*1-3-10-11-9-6-4-8(2)5-7-9;/h2*4-7H,2-3H2,1H3;. The third-order valence-corrected chi connectivity index (χ3v) is 9.02. The molecule has 0 N–H and O–H groups in total. The van der Waals surface area contributed by atoms with E-state index in [-0.39, 0.29) is 0 Å². The van der Waals surface area contributed by atoms with Crippen molar-refractivity contribution >= 4 is 43.2 Å². The number of rotatable bonds is 10. The van der Waals surface area contributed by atoms with Crippen molar-refractivity contribution in [3.8, 4) is 0 Å². The Bertz CT molecular complexity index is 503. The molecule has 2 aromatic rings. The molecule has 2 rings (SSSR count). The Labute approximate surface area is 162 Å². The van der Waals surface area contributed by atoms with E-state index in [0.29, 0.717) is 0 Å². The Morgan fingerprint density at radius 3 is 1.39 bits per heavy atom. The summed E-state index contributed by atoms with van der Waals surface area (Å²) in [5.41, 5.74) is 2.84. The molecule has 0 bridgehead atoms. The van der Waals surface area contributed by atoms with Crippen LogP contribution in [0, 0.1) is 0 Å². The molecule has 128 valence electrons. The average Bonchev–Trinajstić information content (AvgIpc) is 2.60. The molecule has 0 saturated carbocycles. The molecule has 0 saturated heterocycles. The van der Waals surface area contributed by atoms with Gasteiger partial charge in [0.1, 0.15) is 0 Å². The SMILES string of the molecule is CCSSc1ccc([CH2][Ni][CH2]c2ccc(SSCC)cc2)cc1. The molecule has 5 heteroatoms. The summed E-state index contributed by atoms with van der Waals surface area (Å²) in [6, 6.07) is 18.0. The maximum atomic E-state index is 2.26. The van der Waals surface area contributed by atoms with Crippen LogP contribution in [-0.2, 0) is 25.2 Å². The minimum absolute atomic E-state index is 1.10. The molecule has 0 aliphatic rings. The first-order valence-corrected chi connectivity index (χ1v) is 13.6. The van der Waals surface area contributed by atoms with Gasteiger partial charge in [-0.1, -0.05) is 0 Å². The van der Waals surface area contributed by atoms with Crippen LogP contribution in [0.5, 0.6) is 0 Å². The Hall–Kier alpha value is 0.334. The van der Waals surface area contributed by atoms with E-state index in [0.717, 1.165) is 22.3 Å². The number of benzene rings is 2. The van der Waals surface area contributed by atoms with Crippen LogP contribution in [0.3, 0.4) is 0 Å². The van der Waals surface area contributed by atoms with Crippen molar-refractivity contribution in [2.24, 2.45) is 0 Å². The van der Waals surface area contributed by atoms with E-state index in [1.165, 1.54) is 20.9 Å². The van der Waals surface area contributed by atoms with E-state index in [9.17, 15) is 0 Å². The van der Waals surface area contributed by atoms with Gasteiger partial charge >= 0.3 is 163 Å². The summed E-state index contributed by atoms with van der Waals surface area (Å²) in [5, 5.41) is 2.20. The second-order valence-corrected chi connectivity index (χ2v) is 11.2. The molecule has 0 radical (unpaired) electrons. The summed E-state index contributed by atoms with van der Waals surface area (Å²) >= 11 is 1.79. The predicted octanol–water partition coefficient (Wildman–Crippen LogP) is 6.99. The molecule has 0 unspecified atom stereocenters. The molecule has 0 fully saturated rings. The maximum absolute atomic E-state index is 2.26. The zero-order chi connectivity index (χ0) is 16.3. The molecule has 2 aromatic carbocycles. The van der Waals surface area contributed by atoms with E-state index in [1.807, 2.05) is 43.2 Å². The van der Waals surface area contributed by atoms with E-state index >= 15 is 0 Å². The van der Waals surface area contributed by atoms with Crippen LogP contribution < -0.4 is 0 Å². The van der Waals surface area contributed by atoms with Crippen molar-refractivity contribution in [1.82, 2.24) is 0 Å². The van der Waals surface area contributed by atoms with E-state index < -0.39 is 0 Å². The molecule has 23 heavy (non-hydrogen) atoms. The molecule has 0 aliphatic heterocycles. The van der Waals surface area contributed by atoms with Gasteiger partial charge in [0.15, 0.2) is 0 Å². The van der Waals surface area contributed by atoms with Gasteiger partial charge in [-0.3, -0.25) is 0 Å². The average molecular weight is 425 g/mol. The van der Waals surface area contributed by atoms with E-state index in [2.05, 4.69) is 62.4 Å². The van der Waals surface area contributed by atoms with Gasteiger partial charge in [-0.05, 0) is 0 Å². The molecule has 0 aliphatic carbocycles. The molecular weight excluding hydrogens is 403 g/mol. The second-order valence-electron chi connectivity index (χ2n) is 4.65. The third-order valence-electron chi connectivity index (χ3n) is 2.81. The summed E-state index contributed by atoms with van der Waals surface area (Å²) in [6.45, 7) is 4.38. The summed E-state index contributed by atoms with van der Waals surface area (Å²) in [6.07, 6.45) is 0. The molecule has 0 amide bonds. The van der Waals surface area contributed by atoms with Gasteiger partial charge in [0, 0.05) is 0 Å². The van der Waals surface area contributed by atoms with Gasteiger partial charge in [-0.25, -0.2) is 0 Å². The fraction of sp³-hybridized carbons (Fsp3) is 0.333. The van der Waals surface area contributed by atoms with Gasteiger partial charge in [0.05, 0.1) is 0 Å². The van der Waals surface area contributed by atoms with Crippen molar-refractivity contribution in [3.63, 3.8) is 0 Å². The Morgan fingerprint density at radius 1 is 0.652 bits per heavy atom. The summed E-state index contributed by atoms with van der Waals surface area (Å²) in [5.74, 6) is 2.30. The van der Waals surface area contributed by atoms with Crippen LogP contribution >= 0.6 is 43.2 Å². The second kappa shape index (κ2) is 11.8. The number of hydrogen-bond acceptors (Lipinski definition) is 4. The van der Waals surface area contributed by atoms with Gasteiger partial charge in [0.2, 0.25) is 0 Å². The Kier molecular flexibility index (Phi) is 10.1. The minimum atomic E-state index is 1.10. The molecule has 0 aromatic heterocycles. The Morgan fingerprint density at radius 2 is 1.04 bits per heavy atom. The summed E-state index contributed by atoms with van der Waals surface area (Å²) in [7, 11) is 7.52. The predicted molar refractivity (Wildman–Crippen MR) is 108 cm³/mol. The van der Waals surface area contributed by atoms with Gasteiger partial charge in [-0.2, -0.15) is 0 Å². The first-order valence-electron chi connectivity index (χ1n) is 7.53. The first kappa shape index (κ1) is 19.7. The normalized spacial score (nSPS) is 11.0. The van der Waals surface area contributed by atoms with Crippen LogP contribution in [0.4, 0.5) is 0 Å². The van der Waals surface area contributed by atoms with Crippen LogP contribution in [0.15, 0.2) is 58.3 Å². The van der Waals surface area contributed by atoms with Gasteiger partial charge < -0.3 is 0 Å². The zero-order valence-electron chi connectivity index (χ0n) is 13.4. The van der Waals surface area contributed by atoms with Gasteiger partial charge in [0.25, 0.3) is 0 Å².